The fourth-order valence-electron chi connectivity index (χ4n) is 9.16. The van der Waals surface area contributed by atoms with Gasteiger partial charge in [-0.05, 0) is 103 Å². The van der Waals surface area contributed by atoms with Crippen LogP contribution in [-0.2, 0) is 0 Å². The SMILES string of the molecule is c1ccc2cc(-c3cc(-c4ccc(-c5nc(-c6ccc7ccccc7c6)nc(-c6cccc7c6sc6ccccc67)n5)cc4)c4c(c3)oc3cc5ccccc5cc34)ccc2c1. The third kappa shape index (κ3) is 5.71. The number of benzene rings is 10. The maximum absolute atomic E-state index is 6.73. The maximum Gasteiger partial charge on any atom is 0.165 e. The molecule has 0 radical (unpaired) electrons. The molecule has 3 heterocycles. The summed E-state index contributed by atoms with van der Waals surface area (Å²) in [5.74, 6) is 1.92. The van der Waals surface area contributed by atoms with Gasteiger partial charge in [-0.25, -0.2) is 15.0 Å². The molecule has 0 aliphatic rings. The molecule has 13 aromatic rings. The van der Waals surface area contributed by atoms with Gasteiger partial charge in [-0.15, -0.1) is 11.3 Å². The number of rotatable bonds is 5. The molecule has 62 heavy (non-hydrogen) atoms. The van der Waals surface area contributed by atoms with Crippen molar-refractivity contribution in [2.75, 3.05) is 0 Å². The van der Waals surface area contributed by atoms with Gasteiger partial charge in [0.1, 0.15) is 11.2 Å². The molecular formula is C57H33N3OS. The first-order chi connectivity index (χ1) is 30.7. The fraction of sp³-hybridized carbons (Fsp3) is 0. The van der Waals surface area contributed by atoms with Crippen LogP contribution in [0.15, 0.2) is 205 Å². The quantitative estimate of drug-likeness (QED) is 0.174. The summed E-state index contributed by atoms with van der Waals surface area (Å²) < 4.78 is 9.14. The van der Waals surface area contributed by atoms with E-state index in [1.165, 1.54) is 41.7 Å². The van der Waals surface area contributed by atoms with Crippen LogP contribution in [0.2, 0.25) is 0 Å². The standard InChI is InChI=1S/C57H33N3OS/c1-3-12-38-28-42(26-20-34(38)10-1)44-31-48(53-49-30-40-14-5-6-15-41(40)32-50(49)61-51(53)33-44)36-22-24-37(25-23-36)55-58-56(43-27-21-35-11-2-4-13-39(35)29-43)60-57(59-55)47-18-9-17-46-45-16-7-8-19-52(45)62-54(46)47/h1-33H. The second-order valence-electron chi connectivity index (χ2n) is 16.0. The van der Waals surface area contributed by atoms with Gasteiger partial charge in [0.2, 0.25) is 0 Å². The van der Waals surface area contributed by atoms with Crippen LogP contribution in [0.1, 0.15) is 0 Å². The van der Waals surface area contributed by atoms with Crippen molar-refractivity contribution in [2.24, 2.45) is 0 Å². The average Bonchev–Trinajstić information content (AvgIpc) is 3.90. The zero-order chi connectivity index (χ0) is 40.7. The molecule has 0 fully saturated rings. The number of thiophene rings is 1. The van der Waals surface area contributed by atoms with Gasteiger partial charge in [0, 0.05) is 47.6 Å². The summed E-state index contributed by atoms with van der Waals surface area (Å²) in [7, 11) is 0. The van der Waals surface area contributed by atoms with Crippen LogP contribution < -0.4 is 0 Å². The van der Waals surface area contributed by atoms with E-state index in [2.05, 4.69) is 200 Å². The number of hydrogen-bond acceptors (Lipinski definition) is 5. The molecule has 10 aromatic carbocycles. The number of hydrogen-bond donors (Lipinski definition) is 0. The Morgan fingerprint density at radius 3 is 1.65 bits per heavy atom. The molecule has 5 heteroatoms. The summed E-state index contributed by atoms with van der Waals surface area (Å²) in [5, 5.41) is 11.7. The van der Waals surface area contributed by atoms with Crippen LogP contribution in [0.25, 0.3) is 131 Å². The highest BCUT2D eigenvalue weighted by molar-refractivity contribution is 7.26. The minimum absolute atomic E-state index is 0.623. The van der Waals surface area contributed by atoms with Gasteiger partial charge >= 0.3 is 0 Å². The van der Waals surface area contributed by atoms with Gasteiger partial charge in [0.05, 0.1) is 0 Å². The van der Waals surface area contributed by atoms with Crippen molar-refractivity contribution < 1.29 is 4.42 Å². The van der Waals surface area contributed by atoms with Crippen molar-refractivity contribution >= 4 is 85.8 Å². The molecule has 0 saturated heterocycles. The summed E-state index contributed by atoms with van der Waals surface area (Å²) in [6, 6.07) is 71.1. The molecule has 4 nitrogen and oxygen atoms in total. The Morgan fingerprint density at radius 1 is 0.323 bits per heavy atom. The molecular weight excluding hydrogens is 775 g/mol. The van der Waals surface area contributed by atoms with Gasteiger partial charge in [-0.2, -0.15) is 0 Å². The summed E-state index contributed by atoms with van der Waals surface area (Å²) in [6.07, 6.45) is 0. The summed E-state index contributed by atoms with van der Waals surface area (Å²) in [6.45, 7) is 0. The van der Waals surface area contributed by atoms with Gasteiger partial charge in [-0.3, -0.25) is 0 Å². The monoisotopic (exact) mass is 807 g/mol. The van der Waals surface area contributed by atoms with E-state index >= 15 is 0 Å². The summed E-state index contributed by atoms with van der Waals surface area (Å²) in [5.41, 5.74) is 9.02. The van der Waals surface area contributed by atoms with Crippen molar-refractivity contribution in [1.29, 1.82) is 0 Å². The number of nitrogens with zero attached hydrogens (tertiary/aromatic N) is 3. The van der Waals surface area contributed by atoms with Crippen LogP contribution in [0.3, 0.4) is 0 Å². The summed E-state index contributed by atoms with van der Waals surface area (Å²) in [4.78, 5) is 15.6. The average molecular weight is 808 g/mol. The Balaban J connectivity index is 0.992. The van der Waals surface area contributed by atoms with Gasteiger partial charge < -0.3 is 4.42 Å². The van der Waals surface area contributed by atoms with E-state index in [1.807, 2.05) is 0 Å². The smallest absolute Gasteiger partial charge is 0.165 e. The fourth-order valence-corrected chi connectivity index (χ4v) is 10.4. The lowest BCUT2D eigenvalue weighted by molar-refractivity contribution is 0.669. The highest BCUT2D eigenvalue weighted by Gasteiger charge is 2.19. The van der Waals surface area contributed by atoms with Crippen LogP contribution in [0.4, 0.5) is 0 Å². The van der Waals surface area contributed by atoms with E-state index in [4.69, 9.17) is 19.4 Å². The molecule has 0 aliphatic heterocycles. The second kappa shape index (κ2) is 13.8. The Morgan fingerprint density at radius 2 is 0.887 bits per heavy atom. The Labute approximate surface area is 360 Å². The lowest BCUT2D eigenvalue weighted by Gasteiger charge is -2.12. The predicted octanol–water partition coefficient (Wildman–Crippen LogP) is 15.9. The van der Waals surface area contributed by atoms with Crippen molar-refractivity contribution in [2.45, 2.75) is 0 Å². The predicted molar refractivity (Wildman–Crippen MR) is 260 cm³/mol. The number of aromatic nitrogens is 3. The van der Waals surface area contributed by atoms with Crippen molar-refractivity contribution in [1.82, 2.24) is 15.0 Å². The second-order valence-corrected chi connectivity index (χ2v) is 17.0. The normalized spacial score (nSPS) is 11.9. The molecule has 0 atom stereocenters. The minimum Gasteiger partial charge on any atom is -0.456 e. The molecule has 288 valence electrons. The lowest BCUT2D eigenvalue weighted by atomic mass is 9.93. The van der Waals surface area contributed by atoms with Crippen molar-refractivity contribution in [3.8, 4) is 56.4 Å². The van der Waals surface area contributed by atoms with Crippen molar-refractivity contribution in [3.63, 3.8) is 0 Å². The number of fused-ring (bicyclic) bond motifs is 9. The molecule has 0 amide bonds. The van der Waals surface area contributed by atoms with E-state index in [9.17, 15) is 0 Å². The third-order valence-corrected chi connectivity index (χ3v) is 13.5. The van der Waals surface area contributed by atoms with Crippen LogP contribution >= 0.6 is 11.3 Å². The van der Waals surface area contributed by atoms with E-state index in [-0.39, 0.29) is 0 Å². The van der Waals surface area contributed by atoms with Gasteiger partial charge in [0.25, 0.3) is 0 Å². The van der Waals surface area contributed by atoms with Gasteiger partial charge in [-0.1, -0.05) is 152 Å². The van der Waals surface area contributed by atoms with E-state index in [0.717, 1.165) is 71.7 Å². The maximum atomic E-state index is 6.73. The Hall–Kier alpha value is -7.99. The van der Waals surface area contributed by atoms with E-state index in [0.29, 0.717) is 17.5 Å². The molecule has 3 aromatic heterocycles. The zero-order valence-electron chi connectivity index (χ0n) is 33.2. The summed E-state index contributed by atoms with van der Waals surface area (Å²) >= 11 is 1.78. The molecule has 0 spiro atoms. The van der Waals surface area contributed by atoms with E-state index < -0.39 is 0 Å². The lowest BCUT2D eigenvalue weighted by Crippen LogP contribution is -2.00. The first-order valence-corrected chi connectivity index (χ1v) is 21.6. The molecule has 0 unspecified atom stereocenters. The molecule has 0 aliphatic carbocycles. The highest BCUT2D eigenvalue weighted by Crippen LogP contribution is 2.43. The Kier molecular flexibility index (Phi) is 7.74. The van der Waals surface area contributed by atoms with Crippen LogP contribution in [-0.4, -0.2) is 15.0 Å². The molecule has 0 bridgehead atoms. The highest BCUT2D eigenvalue weighted by atomic mass is 32.1. The third-order valence-electron chi connectivity index (χ3n) is 12.3. The molecule has 0 N–H and O–H groups in total. The first-order valence-electron chi connectivity index (χ1n) is 20.8. The first kappa shape index (κ1) is 34.8. The van der Waals surface area contributed by atoms with Crippen LogP contribution in [0, 0.1) is 0 Å². The van der Waals surface area contributed by atoms with Gasteiger partial charge in [0.15, 0.2) is 17.5 Å². The number of furan rings is 1. The minimum atomic E-state index is 0.623. The van der Waals surface area contributed by atoms with E-state index in [1.54, 1.807) is 11.3 Å². The topological polar surface area (TPSA) is 51.8 Å². The molecule has 0 saturated carbocycles. The van der Waals surface area contributed by atoms with Crippen LogP contribution in [0.5, 0.6) is 0 Å². The van der Waals surface area contributed by atoms with Crippen molar-refractivity contribution in [3.05, 3.63) is 200 Å². The zero-order valence-corrected chi connectivity index (χ0v) is 34.0. The largest absolute Gasteiger partial charge is 0.456 e. The Bertz CT molecular complexity index is 3940. The molecule has 13 rings (SSSR count).